The van der Waals surface area contributed by atoms with Crippen molar-refractivity contribution in [3.05, 3.63) is 23.8 Å². The van der Waals surface area contributed by atoms with Gasteiger partial charge in [0.05, 0.1) is 5.69 Å². The van der Waals surface area contributed by atoms with Gasteiger partial charge in [0, 0.05) is 13.5 Å². The third-order valence-electron chi connectivity index (χ3n) is 2.70. The van der Waals surface area contributed by atoms with E-state index >= 15 is 0 Å². The number of hydrazine groups is 1. The van der Waals surface area contributed by atoms with Crippen LogP contribution in [-0.2, 0) is 16.0 Å². The van der Waals surface area contributed by atoms with E-state index in [0.29, 0.717) is 24.3 Å². The highest BCUT2D eigenvalue weighted by Gasteiger charge is 2.16. The van der Waals surface area contributed by atoms with Gasteiger partial charge >= 0.3 is 0 Å². The van der Waals surface area contributed by atoms with Gasteiger partial charge in [-0.3, -0.25) is 14.6 Å². The number of hydrogen-bond acceptors (Lipinski definition) is 4. The fourth-order valence-electron chi connectivity index (χ4n) is 1.71. The van der Waals surface area contributed by atoms with Crippen LogP contribution in [-0.4, -0.2) is 30.5 Å². The zero-order valence-electron chi connectivity index (χ0n) is 10.1. The van der Waals surface area contributed by atoms with Crippen LogP contribution in [0.25, 0.3) is 0 Å². The molecule has 2 amide bonds. The van der Waals surface area contributed by atoms with Crippen LogP contribution in [0.5, 0.6) is 5.75 Å². The molecule has 18 heavy (non-hydrogen) atoms. The van der Waals surface area contributed by atoms with Crippen molar-refractivity contribution in [2.45, 2.75) is 12.8 Å². The molecule has 0 aromatic heterocycles. The molecule has 1 aliphatic heterocycles. The molecule has 3 N–H and O–H groups in total. The van der Waals surface area contributed by atoms with Gasteiger partial charge < -0.3 is 10.1 Å². The first-order chi connectivity index (χ1) is 8.56. The van der Waals surface area contributed by atoms with Crippen LogP contribution in [0, 0.1) is 0 Å². The molecule has 0 spiro atoms. The highest BCUT2D eigenvalue weighted by atomic mass is 16.5. The minimum absolute atomic E-state index is 0.0444. The number of carbonyl (C=O) groups is 2. The Kier molecular flexibility index (Phi) is 3.47. The van der Waals surface area contributed by atoms with Gasteiger partial charge in [0.1, 0.15) is 5.75 Å². The summed E-state index contributed by atoms with van der Waals surface area (Å²) in [6.45, 7) is 0.0444. The lowest BCUT2D eigenvalue weighted by molar-refractivity contribution is -0.130. The Morgan fingerprint density at radius 1 is 1.56 bits per heavy atom. The number of amides is 2. The van der Waals surface area contributed by atoms with E-state index in [9.17, 15) is 9.59 Å². The molecule has 0 radical (unpaired) electrons. The van der Waals surface area contributed by atoms with Crippen molar-refractivity contribution in [1.82, 2.24) is 5.01 Å². The molecule has 2 rings (SSSR count). The highest BCUT2D eigenvalue weighted by Crippen LogP contribution is 2.28. The summed E-state index contributed by atoms with van der Waals surface area (Å²) in [5.41, 5.74) is 1.60. The van der Waals surface area contributed by atoms with Crippen LogP contribution in [0.2, 0.25) is 0 Å². The number of aryl methyl sites for hydroxylation is 1. The van der Waals surface area contributed by atoms with Gasteiger partial charge in [0.15, 0.2) is 6.61 Å². The van der Waals surface area contributed by atoms with E-state index in [4.69, 9.17) is 10.6 Å². The number of rotatable bonds is 3. The summed E-state index contributed by atoms with van der Waals surface area (Å²) >= 11 is 0. The fraction of sp³-hybridized carbons (Fsp3) is 0.333. The third kappa shape index (κ3) is 2.78. The monoisotopic (exact) mass is 249 g/mol. The average Bonchev–Trinajstić information content (AvgIpc) is 2.35. The highest BCUT2D eigenvalue weighted by molar-refractivity contribution is 5.95. The van der Waals surface area contributed by atoms with Crippen molar-refractivity contribution < 1.29 is 14.3 Å². The lowest BCUT2D eigenvalue weighted by Gasteiger charge is -2.18. The number of benzene rings is 1. The lowest BCUT2D eigenvalue weighted by atomic mass is 10.1. The number of fused-ring (bicyclic) bond motifs is 1. The summed E-state index contributed by atoms with van der Waals surface area (Å²) in [6.07, 6.45) is 0.907. The van der Waals surface area contributed by atoms with Crippen LogP contribution < -0.4 is 15.9 Å². The summed E-state index contributed by atoms with van der Waals surface area (Å²) in [7, 11) is 1.52. The van der Waals surface area contributed by atoms with Gasteiger partial charge in [-0.05, 0) is 24.1 Å². The topological polar surface area (TPSA) is 84.7 Å². The smallest absolute Gasteiger partial charge is 0.262 e. The Labute approximate surface area is 105 Å². The lowest BCUT2D eigenvalue weighted by Crippen LogP contribution is -2.33. The summed E-state index contributed by atoms with van der Waals surface area (Å²) in [6, 6.07) is 5.48. The number of carbonyl (C=O) groups excluding carboxylic acids is 2. The van der Waals surface area contributed by atoms with Crippen molar-refractivity contribution in [3.63, 3.8) is 0 Å². The quantitative estimate of drug-likeness (QED) is 0.458. The first-order valence-electron chi connectivity index (χ1n) is 5.63. The Morgan fingerprint density at radius 2 is 2.33 bits per heavy atom. The standard InChI is InChI=1S/C12H15N3O3/c1-15(13)12(17)5-3-8-2-4-10-9(6-8)14-11(16)7-18-10/h2,4,6H,3,5,7,13H2,1H3,(H,14,16). The molecular weight excluding hydrogens is 234 g/mol. The molecule has 0 unspecified atom stereocenters. The molecule has 0 bridgehead atoms. The summed E-state index contributed by atoms with van der Waals surface area (Å²) in [5.74, 6) is 5.69. The molecule has 0 saturated carbocycles. The number of ether oxygens (including phenoxy) is 1. The van der Waals surface area contributed by atoms with Crippen molar-refractivity contribution >= 4 is 17.5 Å². The minimum atomic E-state index is -0.169. The predicted molar refractivity (Wildman–Crippen MR) is 65.8 cm³/mol. The summed E-state index contributed by atoms with van der Waals surface area (Å²) < 4.78 is 5.25. The SMILES string of the molecule is CN(N)C(=O)CCc1ccc2c(c1)NC(=O)CO2. The Morgan fingerprint density at radius 3 is 3.06 bits per heavy atom. The fourth-order valence-corrected chi connectivity index (χ4v) is 1.71. The molecule has 96 valence electrons. The summed E-state index contributed by atoms with van der Waals surface area (Å²) in [5, 5.41) is 3.80. The molecule has 0 atom stereocenters. The van der Waals surface area contributed by atoms with Crippen molar-refractivity contribution in [2.24, 2.45) is 5.84 Å². The maximum absolute atomic E-state index is 11.4. The van der Waals surface area contributed by atoms with Crippen LogP contribution >= 0.6 is 0 Å². The van der Waals surface area contributed by atoms with Gasteiger partial charge in [0.2, 0.25) is 5.91 Å². The average molecular weight is 249 g/mol. The van der Waals surface area contributed by atoms with Crippen LogP contribution in [0.3, 0.4) is 0 Å². The van der Waals surface area contributed by atoms with Crippen molar-refractivity contribution in [1.29, 1.82) is 0 Å². The molecule has 0 aliphatic carbocycles. The predicted octanol–water partition coefficient (Wildman–Crippen LogP) is 0.282. The van der Waals surface area contributed by atoms with E-state index in [1.807, 2.05) is 12.1 Å². The maximum atomic E-state index is 11.4. The molecule has 0 fully saturated rings. The molecule has 6 heteroatoms. The molecule has 0 saturated heterocycles. The van der Waals surface area contributed by atoms with Crippen molar-refractivity contribution in [2.75, 3.05) is 19.0 Å². The van der Waals surface area contributed by atoms with E-state index in [-0.39, 0.29) is 18.4 Å². The number of nitrogens with zero attached hydrogens (tertiary/aromatic N) is 1. The van der Waals surface area contributed by atoms with E-state index < -0.39 is 0 Å². The minimum Gasteiger partial charge on any atom is -0.482 e. The van der Waals surface area contributed by atoms with Gasteiger partial charge in [0.25, 0.3) is 5.91 Å². The van der Waals surface area contributed by atoms with Gasteiger partial charge in [-0.15, -0.1) is 0 Å². The second kappa shape index (κ2) is 5.05. The number of nitrogens with one attached hydrogen (secondary N) is 1. The molecule has 6 nitrogen and oxygen atoms in total. The Bertz CT molecular complexity index is 485. The third-order valence-corrected chi connectivity index (χ3v) is 2.70. The van der Waals surface area contributed by atoms with Crippen LogP contribution in [0.4, 0.5) is 5.69 Å². The number of nitrogens with two attached hydrogens (primary N) is 1. The van der Waals surface area contributed by atoms with Crippen LogP contribution in [0.15, 0.2) is 18.2 Å². The van der Waals surface area contributed by atoms with E-state index in [0.717, 1.165) is 10.6 Å². The van der Waals surface area contributed by atoms with Gasteiger partial charge in [-0.2, -0.15) is 0 Å². The number of hydrogen-bond donors (Lipinski definition) is 2. The Hall–Kier alpha value is -2.08. The van der Waals surface area contributed by atoms with E-state index in [2.05, 4.69) is 5.32 Å². The second-order valence-corrected chi connectivity index (χ2v) is 4.17. The first-order valence-corrected chi connectivity index (χ1v) is 5.63. The molecular formula is C12H15N3O3. The largest absolute Gasteiger partial charge is 0.482 e. The van der Waals surface area contributed by atoms with Crippen LogP contribution in [0.1, 0.15) is 12.0 Å². The van der Waals surface area contributed by atoms with Gasteiger partial charge in [-0.25, -0.2) is 5.84 Å². The molecule has 1 heterocycles. The van der Waals surface area contributed by atoms with Gasteiger partial charge in [-0.1, -0.05) is 6.07 Å². The normalized spacial score (nSPS) is 13.3. The zero-order chi connectivity index (χ0) is 13.1. The van der Waals surface area contributed by atoms with E-state index in [1.165, 1.54) is 7.05 Å². The maximum Gasteiger partial charge on any atom is 0.262 e. The molecule has 1 aromatic rings. The molecule has 1 aromatic carbocycles. The van der Waals surface area contributed by atoms with Crippen molar-refractivity contribution in [3.8, 4) is 5.75 Å². The molecule has 1 aliphatic rings. The number of anilines is 1. The van der Waals surface area contributed by atoms with E-state index in [1.54, 1.807) is 6.07 Å². The summed E-state index contributed by atoms with van der Waals surface area (Å²) in [4.78, 5) is 22.5. The first kappa shape index (κ1) is 12.4. The Balaban J connectivity index is 2.04. The second-order valence-electron chi connectivity index (χ2n) is 4.17. The zero-order valence-corrected chi connectivity index (χ0v) is 10.1.